The lowest BCUT2D eigenvalue weighted by atomic mass is 9.96. The zero-order chi connectivity index (χ0) is 22.3. The highest BCUT2D eigenvalue weighted by molar-refractivity contribution is 6.68. The van der Waals surface area contributed by atoms with Crippen molar-refractivity contribution in [2.75, 3.05) is 0 Å². The monoisotopic (exact) mass is 442 g/mol. The van der Waals surface area contributed by atoms with E-state index in [1.54, 1.807) is 12.1 Å². The molecule has 10 nitrogen and oxygen atoms in total. The summed E-state index contributed by atoms with van der Waals surface area (Å²) in [4.78, 5) is 44.9. The van der Waals surface area contributed by atoms with Crippen LogP contribution in [0.2, 0.25) is 0 Å². The summed E-state index contributed by atoms with van der Waals surface area (Å²) in [6.45, 7) is 0. The lowest BCUT2D eigenvalue weighted by molar-refractivity contribution is -0.386. The molecule has 12 heteroatoms. The first-order valence-corrected chi connectivity index (χ1v) is 8.48. The van der Waals surface area contributed by atoms with Crippen molar-refractivity contribution in [2.24, 2.45) is 0 Å². The van der Waals surface area contributed by atoms with E-state index >= 15 is 0 Å². The number of nitrogens with zero attached hydrogens (tertiary/aromatic N) is 4. The highest BCUT2D eigenvalue weighted by atomic mass is 35.5. The molecule has 0 radical (unpaired) electrons. The van der Waals surface area contributed by atoms with Crippen LogP contribution in [0.1, 0.15) is 31.8 Å². The maximum Gasteiger partial charge on any atom is 0.278 e. The number of halogens is 2. The molecule has 0 amide bonds. The van der Waals surface area contributed by atoms with E-state index in [1.165, 1.54) is 0 Å². The van der Waals surface area contributed by atoms with Crippen molar-refractivity contribution in [3.05, 3.63) is 72.3 Å². The largest absolute Gasteiger partial charge is 0.278 e. The fourth-order valence-electron chi connectivity index (χ4n) is 3.24. The molecule has 2 aromatic carbocycles. The van der Waals surface area contributed by atoms with E-state index in [-0.39, 0.29) is 39.0 Å². The van der Waals surface area contributed by atoms with Crippen LogP contribution in [0, 0.1) is 42.9 Å². The summed E-state index contributed by atoms with van der Waals surface area (Å²) >= 11 is 10.9. The van der Waals surface area contributed by atoms with E-state index in [4.69, 9.17) is 23.2 Å². The van der Waals surface area contributed by atoms with Gasteiger partial charge in [-0.2, -0.15) is 10.5 Å². The van der Waals surface area contributed by atoms with Gasteiger partial charge in [0.25, 0.3) is 21.9 Å². The molecule has 0 saturated heterocycles. The van der Waals surface area contributed by atoms with E-state index in [0.717, 1.165) is 24.3 Å². The lowest BCUT2D eigenvalue weighted by Gasteiger charge is -2.06. The normalized spacial score (nSPS) is 11.0. The molecule has 0 heterocycles. The van der Waals surface area contributed by atoms with Crippen molar-refractivity contribution in [1.29, 1.82) is 10.5 Å². The highest BCUT2D eigenvalue weighted by Crippen LogP contribution is 2.54. The van der Waals surface area contributed by atoms with E-state index in [1.807, 2.05) is 0 Å². The van der Waals surface area contributed by atoms with Gasteiger partial charge in [-0.15, -0.1) is 0 Å². The summed E-state index contributed by atoms with van der Waals surface area (Å²) in [5, 5.41) is 40.0. The molecule has 0 aromatic heterocycles. The van der Waals surface area contributed by atoms with Crippen molar-refractivity contribution in [3.8, 4) is 23.3 Å². The molecule has 0 saturated carbocycles. The Hall–Kier alpha value is -4.12. The first kappa shape index (κ1) is 20.6. The van der Waals surface area contributed by atoms with Crippen molar-refractivity contribution in [1.82, 2.24) is 0 Å². The van der Waals surface area contributed by atoms with Crippen molar-refractivity contribution in [3.63, 3.8) is 0 Å². The van der Waals surface area contributed by atoms with Crippen molar-refractivity contribution < 1.29 is 19.4 Å². The number of carbonyl (C=O) groups excluding carboxylic acids is 2. The summed E-state index contributed by atoms with van der Waals surface area (Å²) in [7, 11) is 0. The number of fused-ring (bicyclic) bond motifs is 3. The van der Waals surface area contributed by atoms with Crippen LogP contribution in [0.3, 0.4) is 0 Å². The Morgan fingerprint density at radius 1 is 0.800 bits per heavy atom. The van der Waals surface area contributed by atoms with Crippen LogP contribution >= 0.6 is 23.2 Å². The fraction of sp³-hybridized carbons (Fsp3) is 0. The molecule has 1 aliphatic carbocycles. The van der Waals surface area contributed by atoms with Gasteiger partial charge in [-0.3, -0.25) is 29.8 Å². The number of benzene rings is 2. The lowest BCUT2D eigenvalue weighted by Crippen LogP contribution is -2.00. The highest BCUT2D eigenvalue weighted by Gasteiger charge is 2.39. The predicted molar refractivity (Wildman–Crippen MR) is 103 cm³/mol. The van der Waals surface area contributed by atoms with Crippen LogP contribution < -0.4 is 0 Å². The van der Waals surface area contributed by atoms with Gasteiger partial charge in [0.2, 0.25) is 0 Å². The van der Waals surface area contributed by atoms with E-state index in [9.17, 15) is 40.3 Å². The van der Waals surface area contributed by atoms with Crippen LogP contribution in [0.4, 0.5) is 11.4 Å². The van der Waals surface area contributed by atoms with Gasteiger partial charge in [-0.05, 0) is 35.3 Å². The quantitative estimate of drug-likeness (QED) is 0.251. The zero-order valence-electron chi connectivity index (χ0n) is 14.3. The van der Waals surface area contributed by atoms with Crippen LogP contribution in [0.15, 0.2) is 29.8 Å². The molecule has 1 aliphatic rings. The number of hydrogen-bond acceptors (Lipinski definition) is 8. The van der Waals surface area contributed by atoms with Gasteiger partial charge in [0.15, 0.2) is 0 Å². The maximum absolute atomic E-state index is 11.7. The van der Waals surface area contributed by atoms with Gasteiger partial charge in [-0.25, -0.2) is 0 Å². The number of nitriles is 2. The average molecular weight is 443 g/mol. The first-order valence-electron chi connectivity index (χ1n) is 7.72. The standard InChI is InChI=1S/C18H4Cl2N4O6/c19-17(25)7-1-10-14(9(5-21)6-22)11-2-8(18(20)26)4-13(24(29)30)16(11)15(10)12(3-7)23(27)28/h1-4H. The molecule has 0 atom stereocenters. The van der Waals surface area contributed by atoms with Gasteiger partial charge in [0, 0.05) is 40.0 Å². The molecule has 3 rings (SSSR count). The Kier molecular flexibility index (Phi) is 5.06. The Morgan fingerprint density at radius 2 is 1.17 bits per heavy atom. The van der Waals surface area contributed by atoms with Gasteiger partial charge in [0.05, 0.1) is 21.0 Å². The average Bonchev–Trinajstić information content (AvgIpc) is 3.01. The van der Waals surface area contributed by atoms with Crippen LogP contribution in [-0.4, -0.2) is 20.3 Å². The third kappa shape index (κ3) is 3.06. The minimum atomic E-state index is -1.06. The Bertz CT molecular complexity index is 1230. The van der Waals surface area contributed by atoms with Crippen LogP contribution in [0.25, 0.3) is 16.7 Å². The second-order valence-electron chi connectivity index (χ2n) is 5.87. The molecule has 2 aromatic rings. The predicted octanol–water partition coefficient (Wildman–Crippen LogP) is 4.09. The minimum Gasteiger partial charge on any atom is -0.276 e. The van der Waals surface area contributed by atoms with Crippen molar-refractivity contribution in [2.45, 2.75) is 0 Å². The molecule has 0 unspecified atom stereocenters. The molecule has 0 bridgehead atoms. The van der Waals surface area contributed by atoms with Crippen LogP contribution in [0.5, 0.6) is 0 Å². The second kappa shape index (κ2) is 7.37. The van der Waals surface area contributed by atoms with Crippen molar-refractivity contribution >= 4 is 50.6 Å². The smallest absolute Gasteiger partial charge is 0.276 e. The van der Waals surface area contributed by atoms with Gasteiger partial charge in [0.1, 0.15) is 17.7 Å². The minimum absolute atomic E-state index is 0.149. The SMILES string of the molecule is N#CC(C#N)=C1c2cc(C(=O)Cl)cc([N+](=O)[O-])c2-c2c1cc(C(=O)Cl)cc2[N+](=O)[O-]. The first-order chi connectivity index (χ1) is 14.1. The zero-order valence-corrected chi connectivity index (χ0v) is 15.8. The number of rotatable bonds is 4. The molecule has 0 N–H and O–H groups in total. The molecular formula is C18H4Cl2N4O6. The van der Waals surface area contributed by atoms with Gasteiger partial charge < -0.3 is 0 Å². The summed E-state index contributed by atoms with van der Waals surface area (Å²) in [5.74, 6) is 0. The molecule has 0 aliphatic heterocycles. The maximum atomic E-state index is 11.7. The number of nitro benzene ring substituents is 2. The van der Waals surface area contributed by atoms with E-state index in [2.05, 4.69) is 0 Å². The summed E-state index contributed by atoms with van der Waals surface area (Å²) < 4.78 is 0. The van der Waals surface area contributed by atoms with Crippen LogP contribution in [-0.2, 0) is 0 Å². The number of carbonyl (C=O) groups is 2. The molecule has 30 heavy (non-hydrogen) atoms. The third-order valence-corrected chi connectivity index (χ3v) is 4.78. The Labute approximate surface area is 176 Å². The fourth-order valence-corrected chi connectivity index (χ4v) is 3.46. The molecular weight excluding hydrogens is 439 g/mol. The third-order valence-electron chi connectivity index (χ3n) is 4.34. The molecule has 0 spiro atoms. The number of allylic oxidation sites excluding steroid dienone is 1. The summed E-state index contributed by atoms with van der Waals surface area (Å²) in [6, 6.07) is 7.08. The van der Waals surface area contributed by atoms with Gasteiger partial charge >= 0.3 is 0 Å². The summed E-state index contributed by atoms with van der Waals surface area (Å²) in [6.07, 6.45) is 0. The molecule has 146 valence electrons. The molecule has 0 fully saturated rings. The number of hydrogen-bond donors (Lipinski definition) is 0. The Morgan fingerprint density at radius 3 is 1.43 bits per heavy atom. The topological polar surface area (TPSA) is 168 Å². The number of nitro groups is 2. The summed E-state index contributed by atoms with van der Waals surface area (Å²) in [5.41, 5.74) is -3.66. The Balaban J connectivity index is 2.67. The van der Waals surface area contributed by atoms with Gasteiger partial charge in [-0.1, -0.05) is 0 Å². The van der Waals surface area contributed by atoms with E-state index in [0.29, 0.717) is 0 Å². The second-order valence-corrected chi connectivity index (χ2v) is 6.56. The van der Waals surface area contributed by atoms with E-state index < -0.39 is 37.3 Å².